The number of ether oxygens (including phenoxy) is 1. The summed E-state index contributed by atoms with van der Waals surface area (Å²) < 4.78 is 6.78. The molecule has 0 saturated carbocycles. The summed E-state index contributed by atoms with van der Waals surface area (Å²) >= 11 is 9.59. The fourth-order valence-corrected chi connectivity index (χ4v) is 2.52. The van der Waals surface area contributed by atoms with Crippen molar-refractivity contribution in [3.63, 3.8) is 0 Å². The normalized spacial score (nSPS) is 11.5. The molecule has 0 aromatic heterocycles. The van der Waals surface area contributed by atoms with E-state index >= 15 is 0 Å². The number of nitrogens with two attached hydrogens (primary N) is 1. The van der Waals surface area contributed by atoms with Gasteiger partial charge in [-0.15, -0.1) is 0 Å². The van der Waals surface area contributed by atoms with E-state index in [0.29, 0.717) is 17.2 Å². The molecule has 0 saturated heterocycles. The number of nitrogens with zero attached hydrogens (tertiary/aromatic N) is 1. The topological polar surface area (TPSA) is 67.8 Å². The SMILES string of the molecule is Cc1cc(Br)ccc1OCc1ccc(/C(N)=N/O)cc1Cl. The fraction of sp³-hybridized carbons (Fsp3) is 0.133. The van der Waals surface area contributed by atoms with Gasteiger partial charge in [-0.2, -0.15) is 0 Å². The van der Waals surface area contributed by atoms with Crippen molar-refractivity contribution in [2.75, 3.05) is 0 Å². The van der Waals surface area contributed by atoms with Crippen LogP contribution in [0.4, 0.5) is 0 Å². The Hall–Kier alpha value is -1.72. The van der Waals surface area contributed by atoms with Crippen LogP contribution in [0.3, 0.4) is 0 Å². The Kier molecular flexibility index (Phi) is 5.09. The number of hydrogen-bond acceptors (Lipinski definition) is 3. The molecule has 21 heavy (non-hydrogen) atoms. The average Bonchev–Trinajstić information content (AvgIpc) is 2.46. The van der Waals surface area contributed by atoms with E-state index in [9.17, 15) is 0 Å². The minimum absolute atomic E-state index is 0.0214. The molecule has 0 heterocycles. The van der Waals surface area contributed by atoms with E-state index in [1.165, 1.54) is 0 Å². The van der Waals surface area contributed by atoms with Crippen molar-refractivity contribution in [3.05, 3.63) is 62.6 Å². The maximum atomic E-state index is 8.64. The molecule has 2 aromatic rings. The zero-order valence-electron chi connectivity index (χ0n) is 11.3. The summed E-state index contributed by atoms with van der Waals surface area (Å²) in [7, 11) is 0. The second-order valence-electron chi connectivity index (χ2n) is 4.49. The number of aryl methyl sites for hydroxylation is 1. The summed E-state index contributed by atoms with van der Waals surface area (Å²) in [6, 6.07) is 11.0. The predicted molar refractivity (Wildman–Crippen MR) is 87.2 cm³/mol. The second kappa shape index (κ2) is 6.83. The molecular formula is C15H14BrClN2O2. The van der Waals surface area contributed by atoms with Crippen LogP contribution < -0.4 is 10.5 Å². The highest BCUT2D eigenvalue weighted by Gasteiger charge is 2.07. The summed E-state index contributed by atoms with van der Waals surface area (Å²) in [5.41, 5.74) is 7.94. The summed E-state index contributed by atoms with van der Waals surface area (Å²) in [6.45, 7) is 2.32. The summed E-state index contributed by atoms with van der Waals surface area (Å²) in [6.07, 6.45) is 0. The number of benzene rings is 2. The van der Waals surface area contributed by atoms with Gasteiger partial charge < -0.3 is 15.7 Å². The van der Waals surface area contributed by atoms with E-state index < -0.39 is 0 Å². The molecule has 0 amide bonds. The largest absolute Gasteiger partial charge is 0.489 e. The van der Waals surface area contributed by atoms with Crippen molar-refractivity contribution < 1.29 is 9.94 Å². The van der Waals surface area contributed by atoms with E-state index in [-0.39, 0.29) is 5.84 Å². The Labute approximate surface area is 136 Å². The fourth-order valence-electron chi connectivity index (χ4n) is 1.81. The third-order valence-corrected chi connectivity index (χ3v) is 3.82. The maximum absolute atomic E-state index is 8.64. The van der Waals surface area contributed by atoms with E-state index in [0.717, 1.165) is 21.3 Å². The zero-order chi connectivity index (χ0) is 15.4. The van der Waals surface area contributed by atoms with E-state index in [2.05, 4.69) is 21.1 Å². The van der Waals surface area contributed by atoms with Gasteiger partial charge in [0, 0.05) is 20.6 Å². The molecule has 4 nitrogen and oxygen atoms in total. The number of amidine groups is 1. The molecule has 0 fully saturated rings. The Morgan fingerprint density at radius 2 is 2.10 bits per heavy atom. The standard InChI is InChI=1S/C15H14BrClN2O2/c1-9-6-12(16)4-5-14(9)21-8-11-3-2-10(7-13(11)17)15(18)19-20/h2-7,20H,8H2,1H3,(H2,18,19). The van der Waals surface area contributed by atoms with Crippen LogP contribution in [0.5, 0.6) is 5.75 Å². The molecule has 110 valence electrons. The number of oxime groups is 1. The van der Waals surface area contributed by atoms with Crippen LogP contribution in [0.25, 0.3) is 0 Å². The van der Waals surface area contributed by atoms with Gasteiger partial charge in [0.25, 0.3) is 0 Å². The van der Waals surface area contributed by atoms with Crippen LogP contribution in [-0.2, 0) is 6.61 Å². The Bertz CT molecular complexity index is 689. The molecule has 0 radical (unpaired) electrons. The minimum atomic E-state index is 0.0214. The minimum Gasteiger partial charge on any atom is -0.489 e. The third-order valence-electron chi connectivity index (χ3n) is 2.98. The van der Waals surface area contributed by atoms with Crippen LogP contribution in [-0.4, -0.2) is 11.0 Å². The van der Waals surface area contributed by atoms with Crippen LogP contribution in [0, 0.1) is 6.92 Å². The van der Waals surface area contributed by atoms with Crippen molar-refractivity contribution >= 4 is 33.4 Å². The maximum Gasteiger partial charge on any atom is 0.170 e. The zero-order valence-corrected chi connectivity index (χ0v) is 13.6. The number of hydrogen-bond donors (Lipinski definition) is 2. The molecule has 3 N–H and O–H groups in total. The molecular weight excluding hydrogens is 356 g/mol. The molecule has 2 aromatic carbocycles. The van der Waals surface area contributed by atoms with Gasteiger partial charge in [-0.25, -0.2) is 0 Å². The van der Waals surface area contributed by atoms with Crippen LogP contribution in [0.15, 0.2) is 46.0 Å². The van der Waals surface area contributed by atoms with Crippen molar-refractivity contribution in [3.8, 4) is 5.75 Å². The van der Waals surface area contributed by atoms with Gasteiger partial charge in [0.2, 0.25) is 0 Å². The van der Waals surface area contributed by atoms with Gasteiger partial charge in [0.05, 0.1) is 0 Å². The quantitative estimate of drug-likeness (QED) is 0.369. The van der Waals surface area contributed by atoms with Gasteiger partial charge in [-0.1, -0.05) is 44.8 Å². The van der Waals surface area contributed by atoms with Gasteiger partial charge >= 0.3 is 0 Å². The average molecular weight is 370 g/mol. The first-order valence-electron chi connectivity index (χ1n) is 6.16. The second-order valence-corrected chi connectivity index (χ2v) is 5.81. The van der Waals surface area contributed by atoms with E-state index in [1.54, 1.807) is 18.2 Å². The van der Waals surface area contributed by atoms with Crippen LogP contribution >= 0.6 is 27.5 Å². The van der Waals surface area contributed by atoms with Gasteiger partial charge in [0.1, 0.15) is 12.4 Å². The van der Waals surface area contributed by atoms with Crippen molar-refractivity contribution in [1.82, 2.24) is 0 Å². The number of halogens is 2. The molecule has 6 heteroatoms. The third kappa shape index (κ3) is 3.89. The first kappa shape index (κ1) is 15.7. The lowest BCUT2D eigenvalue weighted by atomic mass is 10.1. The van der Waals surface area contributed by atoms with Crippen LogP contribution in [0.2, 0.25) is 5.02 Å². The van der Waals surface area contributed by atoms with Gasteiger partial charge in [-0.05, 0) is 36.8 Å². The Morgan fingerprint density at radius 1 is 1.33 bits per heavy atom. The molecule has 2 rings (SSSR count). The van der Waals surface area contributed by atoms with Gasteiger partial charge in [0.15, 0.2) is 5.84 Å². The van der Waals surface area contributed by atoms with Crippen LogP contribution in [0.1, 0.15) is 16.7 Å². The summed E-state index contributed by atoms with van der Waals surface area (Å²) in [4.78, 5) is 0. The monoisotopic (exact) mass is 368 g/mol. The summed E-state index contributed by atoms with van der Waals surface area (Å²) in [5.74, 6) is 0.822. The Morgan fingerprint density at radius 3 is 2.71 bits per heavy atom. The highest BCUT2D eigenvalue weighted by molar-refractivity contribution is 9.10. The van der Waals surface area contributed by atoms with Crippen molar-refractivity contribution in [1.29, 1.82) is 0 Å². The van der Waals surface area contributed by atoms with Crippen molar-refractivity contribution in [2.45, 2.75) is 13.5 Å². The first-order valence-corrected chi connectivity index (χ1v) is 7.33. The highest BCUT2D eigenvalue weighted by atomic mass is 79.9. The summed E-state index contributed by atoms with van der Waals surface area (Å²) in [5, 5.41) is 12.1. The highest BCUT2D eigenvalue weighted by Crippen LogP contribution is 2.25. The molecule has 0 aliphatic rings. The molecule has 0 aliphatic heterocycles. The predicted octanol–water partition coefficient (Wildman–Crippen LogP) is 4.08. The lowest BCUT2D eigenvalue weighted by molar-refractivity contribution is 0.304. The number of rotatable bonds is 4. The lowest BCUT2D eigenvalue weighted by Crippen LogP contribution is -2.13. The van der Waals surface area contributed by atoms with E-state index in [1.807, 2.05) is 25.1 Å². The van der Waals surface area contributed by atoms with Gasteiger partial charge in [-0.3, -0.25) is 0 Å². The van der Waals surface area contributed by atoms with E-state index in [4.69, 9.17) is 27.3 Å². The molecule has 0 atom stereocenters. The lowest BCUT2D eigenvalue weighted by Gasteiger charge is -2.11. The molecule has 0 spiro atoms. The Balaban J connectivity index is 2.13. The smallest absolute Gasteiger partial charge is 0.170 e. The van der Waals surface area contributed by atoms with Crippen molar-refractivity contribution in [2.24, 2.45) is 10.9 Å². The first-order chi connectivity index (χ1) is 10.0. The molecule has 0 bridgehead atoms. The molecule has 0 unspecified atom stereocenters. The molecule has 0 aliphatic carbocycles.